The number of anilines is 1. The highest BCUT2D eigenvalue weighted by Gasteiger charge is 2.29. The summed E-state index contributed by atoms with van der Waals surface area (Å²) in [5.74, 6) is -0.273. The zero-order valence-corrected chi connectivity index (χ0v) is 19.0. The van der Waals surface area contributed by atoms with Gasteiger partial charge in [-0.2, -0.15) is 0 Å². The van der Waals surface area contributed by atoms with Gasteiger partial charge in [0.15, 0.2) is 0 Å². The van der Waals surface area contributed by atoms with Crippen molar-refractivity contribution in [3.8, 4) is 0 Å². The molecule has 0 atom stereocenters. The number of likely N-dealkylation sites (N-methyl/N-ethyl adjacent to an activating group) is 1. The van der Waals surface area contributed by atoms with Gasteiger partial charge in [-0.15, -0.1) is 0 Å². The highest BCUT2D eigenvalue weighted by Crippen LogP contribution is 2.28. The molecule has 0 saturated carbocycles. The van der Waals surface area contributed by atoms with Crippen LogP contribution in [0.3, 0.4) is 0 Å². The van der Waals surface area contributed by atoms with E-state index in [9.17, 15) is 13.2 Å². The second-order valence-corrected chi connectivity index (χ2v) is 9.40. The van der Waals surface area contributed by atoms with Crippen molar-refractivity contribution in [2.24, 2.45) is 0 Å². The molecule has 0 fully saturated rings. The monoisotopic (exact) mass is 436 g/mol. The van der Waals surface area contributed by atoms with E-state index >= 15 is 0 Å². The third-order valence-electron chi connectivity index (χ3n) is 5.22. The standard InChI is InChI=1S/C25H28N2O3S/c1-4-22-12-8-9-13-24(22)27(31(29,30)23-16-14-20(2)15-17-23)19-25(28)26(3)18-21-10-6-5-7-11-21/h5-17H,4,18-19H2,1-3H3. The number of para-hydroxylation sites is 1. The van der Waals surface area contributed by atoms with Gasteiger partial charge >= 0.3 is 0 Å². The van der Waals surface area contributed by atoms with E-state index < -0.39 is 10.0 Å². The number of sulfonamides is 1. The Labute approximate surface area is 185 Å². The van der Waals surface area contributed by atoms with Crippen molar-refractivity contribution >= 4 is 21.6 Å². The molecule has 1 amide bonds. The summed E-state index contributed by atoms with van der Waals surface area (Å²) in [4.78, 5) is 14.8. The van der Waals surface area contributed by atoms with Crippen LogP contribution in [-0.4, -0.2) is 32.8 Å². The molecule has 0 unspecified atom stereocenters. The van der Waals surface area contributed by atoms with Crippen molar-refractivity contribution in [2.75, 3.05) is 17.9 Å². The maximum atomic E-state index is 13.6. The number of carbonyl (C=O) groups is 1. The lowest BCUT2D eigenvalue weighted by Gasteiger charge is -2.28. The van der Waals surface area contributed by atoms with E-state index in [2.05, 4.69) is 0 Å². The quantitative estimate of drug-likeness (QED) is 0.526. The predicted octanol–water partition coefficient (Wildman–Crippen LogP) is 4.41. The number of nitrogens with zero attached hydrogens (tertiary/aromatic N) is 2. The first-order chi connectivity index (χ1) is 14.8. The first-order valence-corrected chi connectivity index (χ1v) is 11.7. The lowest BCUT2D eigenvalue weighted by atomic mass is 10.1. The number of carbonyl (C=O) groups excluding carboxylic acids is 1. The van der Waals surface area contributed by atoms with Crippen molar-refractivity contribution in [3.05, 3.63) is 95.6 Å². The molecule has 5 nitrogen and oxygen atoms in total. The van der Waals surface area contributed by atoms with Gasteiger partial charge in [-0.25, -0.2) is 8.42 Å². The molecule has 0 radical (unpaired) electrons. The minimum atomic E-state index is -3.92. The number of amides is 1. The summed E-state index contributed by atoms with van der Waals surface area (Å²) in [7, 11) is -2.23. The normalized spacial score (nSPS) is 11.2. The van der Waals surface area contributed by atoms with Crippen LogP contribution >= 0.6 is 0 Å². The molecule has 0 bridgehead atoms. The zero-order valence-electron chi connectivity index (χ0n) is 18.2. The van der Waals surface area contributed by atoms with Crippen LogP contribution in [0.2, 0.25) is 0 Å². The van der Waals surface area contributed by atoms with E-state index in [-0.39, 0.29) is 17.3 Å². The fourth-order valence-electron chi connectivity index (χ4n) is 3.38. The Hall–Kier alpha value is -3.12. The summed E-state index contributed by atoms with van der Waals surface area (Å²) in [5.41, 5.74) is 3.36. The van der Waals surface area contributed by atoms with Crippen molar-refractivity contribution < 1.29 is 13.2 Å². The van der Waals surface area contributed by atoms with E-state index in [1.807, 2.05) is 56.3 Å². The van der Waals surface area contributed by atoms with Gasteiger partial charge < -0.3 is 4.90 Å². The molecule has 3 rings (SSSR count). The van der Waals surface area contributed by atoms with E-state index in [0.717, 1.165) is 16.7 Å². The van der Waals surface area contributed by atoms with Crippen LogP contribution in [0.15, 0.2) is 83.8 Å². The van der Waals surface area contributed by atoms with Crippen LogP contribution in [0.25, 0.3) is 0 Å². The van der Waals surface area contributed by atoms with E-state index in [1.54, 1.807) is 48.3 Å². The van der Waals surface area contributed by atoms with Crippen molar-refractivity contribution in [3.63, 3.8) is 0 Å². The SMILES string of the molecule is CCc1ccccc1N(CC(=O)N(C)Cc1ccccc1)S(=O)(=O)c1ccc(C)cc1. The second kappa shape index (κ2) is 9.79. The first kappa shape index (κ1) is 22.6. The summed E-state index contributed by atoms with van der Waals surface area (Å²) in [6.45, 7) is 4.02. The van der Waals surface area contributed by atoms with E-state index in [0.29, 0.717) is 18.7 Å². The van der Waals surface area contributed by atoms with Gasteiger partial charge in [0.1, 0.15) is 6.54 Å². The van der Waals surface area contributed by atoms with Crippen molar-refractivity contribution in [1.29, 1.82) is 0 Å². The highest BCUT2D eigenvalue weighted by atomic mass is 32.2. The molecular weight excluding hydrogens is 408 g/mol. The van der Waals surface area contributed by atoms with Crippen LogP contribution in [0.4, 0.5) is 5.69 Å². The topological polar surface area (TPSA) is 57.7 Å². The molecule has 0 heterocycles. The molecule has 0 aliphatic heterocycles. The number of benzene rings is 3. The van der Waals surface area contributed by atoms with E-state index in [1.165, 1.54) is 4.31 Å². The first-order valence-electron chi connectivity index (χ1n) is 10.3. The number of hydrogen-bond donors (Lipinski definition) is 0. The fourth-order valence-corrected chi connectivity index (χ4v) is 4.83. The van der Waals surface area contributed by atoms with Gasteiger partial charge in [0.25, 0.3) is 10.0 Å². The number of hydrogen-bond acceptors (Lipinski definition) is 3. The third-order valence-corrected chi connectivity index (χ3v) is 6.99. The second-order valence-electron chi connectivity index (χ2n) is 7.54. The number of rotatable bonds is 8. The number of aryl methyl sites for hydroxylation is 2. The molecule has 31 heavy (non-hydrogen) atoms. The van der Waals surface area contributed by atoms with Gasteiger partial charge in [-0.1, -0.05) is 73.2 Å². The Morgan fingerprint density at radius 1 is 0.871 bits per heavy atom. The van der Waals surface area contributed by atoms with Gasteiger partial charge in [-0.3, -0.25) is 9.10 Å². The molecule has 0 aliphatic rings. The molecule has 3 aromatic carbocycles. The minimum Gasteiger partial charge on any atom is -0.340 e. The van der Waals surface area contributed by atoms with Gasteiger partial charge in [-0.05, 0) is 42.7 Å². The third kappa shape index (κ3) is 5.33. The fraction of sp³-hybridized carbons (Fsp3) is 0.240. The summed E-state index contributed by atoms with van der Waals surface area (Å²) in [6, 6.07) is 23.7. The van der Waals surface area contributed by atoms with E-state index in [4.69, 9.17) is 0 Å². The van der Waals surface area contributed by atoms with Crippen LogP contribution in [0.1, 0.15) is 23.6 Å². The van der Waals surface area contributed by atoms with Crippen LogP contribution < -0.4 is 4.31 Å². The Morgan fingerprint density at radius 2 is 1.48 bits per heavy atom. The average Bonchev–Trinajstić information content (AvgIpc) is 2.78. The molecule has 0 spiro atoms. The molecule has 162 valence electrons. The van der Waals surface area contributed by atoms with Crippen LogP contribution in [-0.2, 0) is 27.8 Å². The predicted molar refractivity (Wildman–Crippen MR) is 124 cm³/mol. The molecule has 3 aromatic rings. The van der Waals surface area contributed by atoms with Crippen LogP contribution in [0, 0.1) is 6.92 Å². The van der Waals surface area contributed by atoms with Crippen LogP contribution in [0.5, 0.6) is 0 Å². The summed E-state index contributed by atoms with van der Waals surface area (Å²) in [5, 5.41) is 0. The molecule has 0 aliphatic carbocycles. The molecule has 0 saturated heterocycles. The zero-order chi connectivity index (χ0) is 22.4. The van der Waals surface area contributed by atoms with Crippen molar-refractivity contribution in [1.82, 2.24) is 4.90 Å². The Balaban J connectivity index is 1.96. The molecule has 6 heteroatoms. The summed E-state index contributed by atoms with van der Waals surface area (Å²) in [6.07, 6.45) is 0.657. The maximum Gasteiger partial charge on any atom is 0.264 e. The minimum absolute atomic E-state index is 0.169. The molecule has 0 aromatic heterocycles. The lowest BCUT2D eigenvalue weighted by Crippen LogP contribution is -2.41. The van der Waals surface area contributed by atoms with Gasteiger partial charge in [0.2, 0.25) is 5.91 Å². The largest absolute Gasteiger partial charge is 0.340 e. The molecular formula is C25H28N2O3S. The molecule has 0 N–H and O–H groups in total. The lowest BCUT2D eigenvalue weighted by molar-refractivity contribution is -0.128. The summed E-state index contributed by atoms with van der Waals surface area (Å²) >= 11 is 0. The Bertz CT molecular complexity index is 1130. The van der Waals surface area contributed by atoms with Gasteiger partial charge in [0, 0.05) is 13.6 Å². The smallest absolute Gasteiger partial charge is 0.264 e. The Kier molecular flexibility index (Phi) is 7.13. The van der Waals surface area contributed by atoms with Gasteiger partial charge in [0.05, 0.1) is 10.6 Å². The highest BCUT2D eigenvalue weighted by molar-refractivity contribution is 7.92. The maximum absolute atomic E-state index is 13.6. The van der Waals surface area contributed by atoms with Crippen molar-refractivity contribution in [2.45, 2.75) is 31.7 Å². The average molecular weight is 437 g/mol. The Morgan fingerprint density at radius 3 is 2.13 bits per heavy atom. The summed E-state index contributed by atoms with van der Waals surface area (Å²) < 4.78 is 28.4.